The van der Waals surface area contributed by atoms with Crippen molar-refractivity contribution in [2.24, 2.45) is 0 Å². The molecule has 13 nitrogen and oxygen atoms in total. The summed E-state index contributed by atoms with van der Waals surface area (Å²) in [7, 11) is 3.75. The Morgan fingerprint density at radius 2 is 1.88 bits per heavy atom. The third-order valence-corrected chi connectivity index (χ3v) is 10.2. The number of pyridine rings is 2. The molecule has 0 spiro atoms. The molecule has 5 aromatic rings. The summed E-state index contributed by atoms with van der Waals surface area (Å²) < 4.78 is 29.2. The molecule has 3 aromatic heterocycles. The van der Waals surface area contributed by atoms with Crippen molar-refractivity contribution >= 4 is 52.3 Å². The number of anilines is 2. The van der Waals surface area contributed by atoms with Crippen LogP contribution in [-0.4, -0.2) is 83.0 Å². The number of nitrogens with one attached hydrogen (secondary N) is 4. The summed E-state index contributed by atoms with van der Waals surface area (Å²) in [6.07, 6.45) is 4.82. The smallest absolute Gasteiger partial charge is 0.269 e. The molecule has 1 fully saturated rings. The zero-order valence-electron chi connectivity index (χ0n) is 31.8. The van der Waals surface area contributed by atoms with Crippen molar-refractivity contribution in [2.45, 2.75) is 51.1 Å². The molecule has 0 radical (unpaired) electrons. The highest BCUT2D eigenvalue weighted by molar-refractivity contribution is 6.05. The standard InChI is InChI=1S/C41H33F2N7O5.C2H7N/c42-38(43)30-16-35-24(7-4-14-49(35)36-17-29-26(22-51)19-46-33(29)20-47-36)15-28(30)25-9-10-32(45-18-25)39(53)44-13-2-1-5-23-6-3-8-27-31(23)21-50(41(27)55)34-11-12-37(52)48-40(34)54;1-3-2/h3,6,8-10,15-20,22,34,38,46H,2,4,7,11-14,21H2,(H,44,53)(H,48,52,54);3H,1-2H3. The lowest BCUT2D eigenvalue weighted by atomic mass is 9.92. The number of amides is 4. The molecule has 1 atom stereocenters. The van der Waals surface area contributed by atoms with Crippen LogP contribution in [0, 0.1) is 11.8 Å². The number of benzene rings is 2. The lowest BCUT2D eigenvalue weighted by Crippen LogP contribution is -2.52. The Kier molecular flexibility index (Phi) is 11.7. The number of nitrogens with zero attached hydrogens (tertiary/aromatic N) is 4. The van der Waals surface area contributed by atoms with E-state index < -0.39 is 24.3 Å². The number of aromatic nitrogens is 3. The van der Waals surface area contributed by atoms with E-state index in [0.29, 0.717) is 75.2 Å². The Balaban J connectivity index is 0.00000166. The number of piperidine rings is 1. The van der Waals surface area contributed by atoms with E-state index in [1.54, 1.807) is 48.8 Å². The van der Waals surface area contributed by atoms with E-state index in [4.69, 9.17) is 0 Å². The molecule has 2 aromatic carbocycles. The van der Waals surface area contributed by atoms with Gasteiger partial charge in [-0.25, -0.2) is 13.8 Å². The van der Waals surface area contributed by atoms with Crippen molar-refractivity contribution in [1.29, 1.82) is 0 Å². The summed E-state index contributed by atoms with van der Waals surface area (Å²) in [5.74, 6) is 5.10. The molecular formula is C43H40F2N8O5. The minimum atomic E-state index is -2.78. The molecule has 58 heavy (non-hydrogen) atoms. The molecule has 0 bridgehead atoms. The molecule has 296 valence electrons. The number of hydrogen-bond donors (Lipinski definition) is 4. The summed E-state index contributed by atoms with van der Waals surface area (Å²) in [6, 6.07) is 12.6. The normalized spacial score (nSPS) is 15.9. The first-order valence-corrected chi connectivity index (χ1v) is 18.8. The van der Waals surface area contributed by atoms with Crippen LogP contribution in [-0.2, 0) is 22.6 Å². The first kappa shape index (κ1) is 39.4. The molecule has 4 amide bonds. The minimum Gasteiger partial charge on any atom is -0.359 e. The summed E-state index contributed by atoms with van der Waals surface area (Å²) in [6.45, 7) is 0.996. The lowest BCUT2D eigenvalue weighted by molar-refractivity contribution is -0.136. The van der Waals surface area contributed by atoms with Gasteiger partial charge in [0.25, 0.3) is 18.2 Å². The van der Waals surface area contributed by atoms with E-state index in [2.05, 4.69) is 42.7 Å². The Bertz CT molecular complexity index is 2490. The summed E-state index contributed by atoms with van der Waals surface area (Å²) in [4.78, 5) is 76.7. The van der Waals surface area contributed by atoms with Crippen LogP contribution in [0.25, 0.3) is 22.0 Å². The molecule has 1 unspecified atom stereocenters. The van der Waals surface area contributed by atoms with Gasteiger partial charge in [-0.2, -0.15) is 0 Å². The number of carbonyl (C=O) groups is 5. The molecule has 3 aliphatic rings. The van der Waals surface area contributed by atoms with Crippen LogP contribution in [0.4, 0.5) is 20.3 Å². The second-order valence-corrected chi connectivity index (χ2v) is 14.0. The van der Waals surface area contributed by atoms with Crippen LogP contribution in [0.2, 0.25) is 0 Å². The molecule has 1 saturated heterocycles. The first-order valence-electron chi connectivity index (χ1n) is 18.8. The summed E-state index contributed by atoms with van der Waals surface area (Å²) >= 11 is 0. The minimum absolute atomic E-state index is 0.119. The van der Waals surface area contributed by atoms with E-state index in [-0.39, 0.29) is 49.0 Å². The predicted molar refractivity (Wildman–Crippen MR) is 213 cm³/mol. The summed E-state index contributed by atoms with van der Waals surface area (Å²) in [5, 5.41) is 8.53. The number of H-pyrrole nitrogens is 1. The maximum Gasteiger partial charge on any atom is 0.269 e. The van der Waals surface area contributed by atoms with Crippen LogP contribution in [0.1, 0.15) is 85.6 Å². The molecule has 0 aliphatic carbocycles. The van der Waals surface area contributed by atoms with Crippen molar-refractivity contribution in [2.75, 3.05) is 32.1 Å². The van der Waals surface area contributed by atoms with E-state index in [1.807, 2.05) is 19.0 Å². The Labute approximate surface area is 332 Å². The van der Waals surface area contributed by atoms with Gasteiger partial charge in [0.2, 0.25) is 11.8 Å². The zero-order valence-corrected chi connectivity index (χ0v) is 31.8. The number of imide groups is 1. The van der Waals surface area contributed by atoms with Crippen LogP contribution in [0.5, 0.6) is 0 Å². The first-order chi connectivity index (χ1) is 28.1. The van der Waals surface area contributed by atoms with Gasteiger partial charge in [-0.15, -0.1) is 0 Å². The van der Waals surface area contributed by atoms with Gasteiger partial charge >= 0.3 is 0 Å². The number of carbonyl (C=O) groups excluding carboxylic acids is 5. The maximum atomic E-state index is 14.6. The Morgan fingerprint density at radius 3 is 2.62 bits per heavy atom. The van der Waals surface area contributed by atoms with Crippen molar-refractivity contribution in [3.8, 4) is 23.0 Å². The number of hydrogen-bond acceptors (Lipinski definition) is 9. The monoisotopic (exact) mass is 786 g/mol. The van der Waals surface area contributed by atoms with Gasteiger partial charge in [-0.1, -0.05) is 24.0 Å². The highest BCUT2D eigenvalue weighted by Crippen LogP contribution is 2.41. The third-order valence-electron chi connectivity index (χ3n) is 10.2. The van der Waals surface area contributed by atoms with E-state index >= 15 is 0 Å². The maximum absolute atomic E-state index is 14.6. The van der Waals surface area contributed by atoms with Crippen LogP contribution in [0.15, 0.2) is 67.1 Å². The fourth-order valence-corrected chi connectivity index (χ4v) is 7.47. The van der Waals surface area contributed by atoms with Crippen molar-refractivity contribution < 1.29 is 32.8 Å². The quantitative estimate of drug-likeness (QED) is 0.0713. The second kappa shape index (κ2) is 17.1. The third kappa shape index (κ3) is 7.91. The number of halogens is 2. The van der Waals surface area contributed by atoms with Gasteiger partial charge in [0.1, 0.15) is 17.6 Å². The number of alkyl halides is 2. The van der Waals surface area contributed by atoms with Gasteiger partial charge in [-0.3, -0.25) is 34.3 Å². The van der Waals surface area contributed by atoms with Crippen LogP contribution < -0.4 is 20.9 Å². The number of aldehydes is 1. The van der Waals surface area contributed by atoms with Crippen LogP contribution >= 0.6 is 0 Å². The highest BCUT2D eigenvalue weighted by Gasteiger charge is 2.39. The highest BCUT2D eigenvalue weighted by atomic mass is 19.3. The second-order valence-electron chi connectivity index (χ2n) is 14.0. The Morgan fingerprint density at radius 1 is 1.05 bits per heavy atom. The van der Waals surface area contributed by atoms with E-state index in [9.17, 15) is 32.8 Å². The fraction of sp³-hybridized carbons (Fsp3) is 0.279. The fourth-order valence-electron chi connectivity index (χ4n) is 7.47. The van der Waals surface area contributed by atoms with Gasteiger partial charge in [0.05, 0.1) is 11.7 Å². The molecule has 15 heteroatoms. The lowest BCUT2D eigenvalue weighted by Gasteiger charge is -2.32. The van der Waals surface area contributed by atoms with Crippen molar-refractivity contribution in [3.05, 3.63) is 106 Å². The Hall–Kier alpha value is -6.79. The van der Waals surface area contributed by atoms with Gasteiger partial charge in [0.15, 0.2) is 6.29 Å². The molecule has 6 heterocycles. The molecule has 4 N–H and O–H groups in total. The van der Waals surface area contributed by atoms with Gasteiger partial charge < -0.3 is 25.4 Å². The van der Waals surface area contributed by atoms with Crippen molar-refractivity contribution in [3.63, 3.8) is 0 Å². The van der Waals surface area contributed by atoms with E-state index in [1.165, 1.54) is 23.2 Å². The topological polar surface area (TPSA) is 169 Å². The molecule has 3 aliphatic heterocycles. The molecule has 8 rings (SSSR count). The largest absolute Gasteiger partial charge is 0.359 e. The van der Waals surface area contributed by atoms with Crippen molar-refractivity contribution in [1.82, 2.24) is 35.8 Å². The number of aryl methyl sites for hydroxylation is 1. The zero-order chi connectivity index (χ0) is 40.9. The van der Waals surface area contributed by atoms with Crippen LogP contribution in [0.3, 0.4) is 0 Å². The average molecular weight is 787 g/mol. The number of fused-ring (bicyclic) bond motifs is 3. The SMILES string of the molecule is CNC.O=Cc1c[nH]c2cnc(N3CCCc4cc(-c5ccc(C(=O)NCCC#Cc6cccc7c6CN(C6CCC(=O)NC6=O)C7=O)nc5)c(C(F)F)cc43)cc12. The molecular weight excluding hydrogens is 747 g/mol. The average Bonchev–Trinajstić information content (AvgIpc) is 3.80. The van der Waals surface area contributed by atoms with Gasteiger partial charge in [0, 0.05) is 83.8 Å². The summed E-state index contributed by atoms with van der Waals surface area (Å²) in [5.41, 5.74) is 5.26. The number of rotatable bonds is 8. The van der Waals surface area contributed by atoms with E-state index in [0.717, 1.165) is 18.3 Å². The van der Waals surface area contributed by atoms with Gasteiger partial charge in [-0.05, 0) is 86.4 Å². The number of aromatic amines is 1. The predicted octanol–water partition coefficient (Wildman–Crippen LogP) is 5.23. The molecule has 0 saturated carbocycles.